The van der Waals surface area contributed by atoms with Gasteiger partial charge in [0.05, 0.1) is 17.4 Å². The first kappa shape index (κ1) is 14.1. The molecule has 5 nitrogen and oxygen atoms in total. The predicted octanol–water partition coefficient (Wildman–Crippen LogP) is 3.05. The largest absolute Gasteiger partial charge is 0.367 e. The van der Waals surface area contributed by atoms with Gasteiger partial charge in [-0.1, -0.05) is 18.2 Å². The van der Waals surface area contributed by atoms with Crippen LogP contribution >= 0.6 is 0 Å². The van der Waals surface area contributed by atoms with E-state index < -0.39 is 0 Å². The lowest BCUT2D eigenvalue weighted by Gasteiger charge is -2.34. The summed E-state index contributed by atoms with van der Waals surface area (Å²) >= 11 is 0. The zero-order valence-corrected chi connectivity index (χ0v) is 13.3. The van der Waals surface area contributed by atoms with Gasteiger partial charge in [-0.3, -0.25) is 4.68 Å². The van der Waals surface area contributed by atoms with Crippen LogP contribution in [-0.4, -0.2) is 33.9 Å². The average molecular weight is 307 g/mol. The molecule has 23 heavy (non-hydrogen) atoms. The van der Waals surface area contributed by atoms with Crippen molar-refractivity contribution in [3.05, 3.63) is 48.8 Å². The predicted molar refractivity (Wildman–Crippen MR) is 93.8 cm³/mol. The van der Waals surface area contributed by atoms with E-state index >= 15 is 0 Å². The van der Waals surface area contributed by atoms with Gasteiger partial charge in [0.15, 0.2) is 0 Å². The number of fused-ring (bicyclic) bond motifs is 1. The summed E-state index contributed by atoms with van der Waals surface area (Å²) in [7, 11) is 1.96. The number of para-hydroxylation sites is 1. The number of benzene rings is 1. The fourth-order valence-electron chi connectivity index (χ4n) is 3.26. The number of piperidine rings is 1. The van der Waals surface area contributed by atoms with Gasteiger partial charge in [-0.15, -0.1) is 0 Å². The molecule has 0 saturated carbocycles. The van der Waals surface area contributed by atoms with Gasteiger partial charge in [0.25, 0.3) is 0 Å². The molecule has 1 aromatic carbocycles. The summed E-state index contributed by atoms with van der Waals surface area (Å²) in [6.45, 7) is 2.08. The van der Waals surface area contributed by atoms with Crippen molar-refractivity contribution >= 4 is 22.4 Å². The molecule has 1 aliphatic rings. The third kappa shape index (κ3) is 2.99. The molecule has 2 aromatic heterocycles. The summed E-state index contributed by atoms with van der Waals surface area (Å²) in [6.07, 6.45) is 6.37. The minimum absolute atomic E-state index is 0.414. The molecule has 1 N–H and O–H groups in total. The third-order valence-electron chi connectivity index (χ3n) is 4.43. The summed E-state index contributed by atoms with van der Waals surface area (Å²) in [5.74, 6) is 0.960. The monoisotopic (exact) mass is 307 g/mol. The van der Waals surface area contributed by atoms with Gasteiger partial charge >= 0.3 is 0 Å². The maximum atomic E-state index is 4.73. The maximum absolute atomic E-state index is 4.73. The van der Waals surface area contributed by atoms with E-state index in [0.29, 0.717) is 6.04 Å². The molecule has 1 atom stereocenters. The summed E-state index contributed by atoms with van der Waals surface area (Å²) in [5.41, 5.74) is 2.24. The zero-order valence-electron chi connectivity index (χ0n) is 13.3. The number of anilines is 2. The number of aromatic nitrogens is 3. The molecule has 5 heteroatoms. The van der Waals surface area contributed by atoms with E-state index in [1.807, 2.05) is 30.1 Å². The van der Waals surface area contributed by atoms with E-state index in [0.717, 1.165) is 24.4 Å². The topological polar surface area (TPSA) is 46.0 Å². The Morgan fingerprint density at radius 1 is 1.17 bits per heavy atom. The van der Waals surface area contributed by atoms with Gasteiger partial charge in [-0.2, -0.15) is 5.10 Å². The average Bonchev–Trinajstić information content (AvgIpc) is 3.02. The highest BCUT2D eigenvalue weighted by Gasteiger charge is 2.21. The van der Waals surface area contributed by atoms with Crippen LogP contribution < -0.4 is 10.2 Å². The highest BCUT2D eigenvalue weighted by Crippen LogP contribution is 2.22. The second-order valence-corrected chi connectivity index (χ2v) is 6.19. The molecule has 0 bridgehead atoms. The van der Waals surface area contributed by atoms with Crippen LogP contribution in [0, 0.1) is 0 Å². The van der Waals surface area contributed by atoms with Crippen LogP contribution in [-0.2, 0) is 7.05 Å². The molecule has 0 spiro atoms. The molecule has 1 saturated heterocycles. The number of pyridine rings is 1. The minimum Gasteiger partial charge on any atom is -0.367 e. The third-order valence-corrected chi connectivity index (χ3v) is 4.43. The molecule has 1 aliphatic heterocycles. The first-order valence-corrected chi connectivity index (χ1v) is 8.14. The van der Waals surface area contributed by atoms with Gasteiger partial charge in [-0.05, 0) is 31.0 Å². The number of aryl methyl sites for hydroxylation is 1. The molecule has 0 radical (unpaired) electrons. The minimum atomic E-state index is 0.414. The van der Waals surface area contributed by atoms with Gasteiger partial charge in [0.1, 0.15) is 5.82 Å². The van der Waals surface area contributed by atoms with Crippen LogP contribution in [0.25, 0.3) is 10.9 Å². The van der Waals surface area contributed by atoms with E-state index in [1.165, 1.54) is 23.9 Å². The lowest BCUT2D eigenvalue weighted by atomic mass is 10.1. The quantitative estimate of drug-likeness (QED) is 0.808. The SMILES string of the molecule is Cn1cc(N2CCCC(Nc3ccc4ccccc4n3)C2)cn1. The molecule has 3 heterocycles. The van der Waals surface area contributed by atoms with Crippen molar-refractivity contribution in [2.75, 3.05) is 23.3 Å². The first-order valence-electron chi connectivity index (χ1n) is 8.14. The molecule has 118 valence electrons. The molecule has 0 aliphatic carbocycles. The maximum Gasteiger partial charge on any atom is 0.126 e. The van der Waals surface area contributed by atoms with E-state index in [1.54, 1.807) is 0 Å². The molecule has 3 aromatic rings. The van der Waals surface area contributed by atoms with Crippen LogP contribution in [0.5, 0.6) is 0 Å². The molecule has 1 unspecified atom stereocenters. The Labute approximate surface area is 135 Å². The summed E-state index contributed by atoms with van der Waals surface area (Å²) in [6, 6.07) is 12.9. The Morgan fingerprint density at radius 2 is 2.09 bits per heavy atom. The van der Waals surface area contributed by atoms with Gasteiger partial charge in [-0.25, -0.2) is 4.98 Å². The van der Waals surface area contributed by atoms with Gasteiger partial charge in [0, 0.05) is 37.8 Å². The van der Waals surface area contributed by atoms with E-state index in [2.05, 4.69) is 45.8 Å². The highest BCUT2D eigenvalue weighted by atomic mass is 15.3. The second-order valence-electron chi connectivity index (χ2n) is 6.19. The summed E-state index contributed by atoms with van der Waals surface area (Å²) in [4.78, 5) is 7.12. The Bertz CT molecular complexity index is 810. The number of hydrogen-bond donors (Lipinski definition) is 1. The van der Waals surface area contributed by atoms with Crippen LogP contribution in [0.15, 0.2) is 48.8 Å². The van der Waals surface area contributed by atoms with Crippen molar-refractivity contribution in [1.82, 2.24) is 14.8 Å². The second kappa shape index (κ2) is 5.91. The Morgan fingerprint density at radius 3 is 2.96 bits per heavy atom. The van der Waals surface area contributed by atoms with Crippen molar-refractivity contribution < 1.29 is 0 Å². The fourth-order valence-corrected chi connectivity index (χ4v) is 3.26. The summed E-state index contributed by atoms with van der Waals surface area (Å²) < 4.78 is 1.86. The Balaban J connectivity index is 1.48. The molecule has 1 fully saturated rings. The van der Waals surface area contributed by atoms with Gasteiger partial charge in [0.2, 0.25) is 0 Å². The van der Waals surface area contributed by atoms with Crippen molar-refractivity contribution in [3.63, 3.8) is 0 Å². The van der Waals surface area contributed by atoms with Crippen LogP contribution in [0.2, 0.25) is 0 Å². The zero-order chi connectivity index (χ0) is 15.6. The summed E-state index contributed by atoms with van der Waals surface area (Å²) in [5, 5.41) is 9.06. The smallest absolute Gasteiger partial charge is 0.126 e. The van der Waals surface area contributed by atoms with E-state index in [9.17, 15) is 0 Å². The Kier molecular flexibility index (Phi) is 3.61. The lowest BCUT2D eigenvalue weighted by molar-refractivity contribution is 0.529. The van der Waals surface area contributed by atoms with Crippen molar-refractivity contribution in [2.24, 2.45) is 7.05 Å². The van der Waals surface area contributed by atoms with Crippen LogP contribution in [0.1, 0.15) is 12.8 Å². The molecule has 0 amide bonds. The van der Waals surface area contributed by atoms with Crippen molar-refractivity contribution in [2.45, 2.75) is 18.9 Å². The van der Waals surface area contributed by atoms with Gasteiger partial charge < -0.3 is 10.2 Å². The standard InChI is InChI=1S/C18H21N5/c1-22-13-16(11-19-22)23-10-4-6-15(12-23)20-18-9-8-14-5-2-3-7-17(14)21-18/h2-3,5,7-9,11,13,15H,4,6,10,12H2,1H3,(H,20,21). The normalized spacial score (nSPS) is 18.3. The van der Waals surface area contributed by atoms with Crippen LogP contribution in [0.3, 0.4) is 0 Å². The molecular weight excluding hydrogens is 286 g/mol. The number of rotatable bonds is 3. The molecule has 4 rings (SSSR count). The lowest BCUT2D eigenvalue weighted by Crippen LogP contribution is -2.42. The van der Waals surface area contributed by atoms with Crippen LogP contribution in [0.4, 0.5) is 11.5 Å². The number of hydrogen-bond acceptors (Lipinski definition) is 4. The number of nitrogens with one attached hydrogen (secondary N) is 1. The van der Waals surface area contributed by atoms with E-state index in [4.69, 9.17) is 4.98 Å². The number of nitrogens with zero attached hydrogens (tertiary/aromatic N) is 4. The highest BCUT2D eigenvalue weighted by molar-refractivity contribution is 5.80. The fraction of sp³-hybridized carbons (Fsp3) is 0.333. The van der Waals surface area contributed by atoms with Crippen molar-refractivity contribution in [3.8, 4) is 0 Å². The Hall–Kier alpha value is -2.56. The van der Waals surface area contributed by atoms with E-state index in [-0.39, 0.29) is 0 Å². The van der Waals surface area contributed by atoms with Crippen molar-refractivity contribution in [1.29, 1.82) is 0 Å². The first-order chi connectivity index (χ1) is 11.3. The molecular formula is C18H21N5.